The zero-order valence-electron chi connectivity index (χ0n) is 17.0. The van der Waals surface area contributed by atoms with Crippen molar-refractivity contribution >= 4 is 39.1 Å². The Labute approximate surface area is 183 Å². The summed E-state index contributed by atoms with van der Waals surface area (Å²) >= 11 is 1.70. The van der Waals surface area contributed by atoms with Crippen LogP contribution in [0, 0.1) is 0 Å². The minimum atomic E-state index is 0.364. The number of benzene rings is 1. The molecule has 4 aromatic heterocycles. The fourth-order valence-electron chi connectivity index (χ4n) is 4.60. The highest BCUT2D eigenvalue weighted by Gasteiger charge is 2.23. The van der Waals surface area contributed by atoms with E-state index >= 15 is 0 Å². The number of nitrogen functional groups attached to an aromatic ring is 1. The van der Waals surface area contributed by atoms with Gasteiger partial charge in [-0.2, -0.15) is 5.10 Å². The van der Waals surface area contributed by atoms with E-state index in [0.717, 1.165) is 56.6 Å². The van der Waals surface area contributed by atoms with Crippen LogP contribution in [-0.2, 0) is 0 Å². The molecule has 31 heavy (non-hydrogen) atoms. The minimum Gasteiger partial charge on any atom is -0.383 e. The summed E-state index contributed by atoms with van der Waals surface area (Å²) in [6.07, 6.45) is 7.55. The van der Waals surface area contributed by atoms with E-state index in [1.807, 2.05) is 0 Å². The number of nitrogens with two attached hydrogens (primary N) is 1. The molecule has 0 saturated heterocycles. The number of rotatable bonds is 3. The van der Waals surface area contributed by atoms with Gasteiger partial charge >= 0.3 is 0 Å². The lowest BCUT2D eigenvalue weighted by Gasteiger charge is -2.22. The summed E-state index contributed by atoms with van der Waals surface area (Å²) in [5.74, 6) is 0.474. The Kier molecular flexibility index (Phi) is 4.42. The van der Waals surface area contributed by atoms with E-state index in [2.05, 4.69) is 62.5 Å². The number of aromatic nitrogens is 5. The number of fused-ring (bicyclic) bond motifs is 2. The molecule has 6 nitrogen and oxygen atoms in total. The van der Waals surface area contributed by atoms with Gasteiger partial charge in [0.25, 0.3) is 0 Å². The van der Waals surface area contributed by atoms with E-state index in [4.69, 9.17) is 15.8 Å². The van der Waals surface area contributed by atoms with E-state index < -0.39 is 0 Å². The third-order valence-corrected chi connectivity index (χ3v) is 7.07. The molecule has 1 aromatic carbocycles. The van der Waals surface area contributed by atoms with Crippen molar-refractivity contribution in [3.8, 4) is 21.8 Å². The van der Waals surface area contributed by atoms with Crippen LogP contribution in [0.2, 0.25) is 0 Å². The molecule has 0 unspecified atom stereocenters. The molecule has 1 saturated carbocycles. The Hall–Kier alpha value is -3.32. The summed E-state index contributed by atoms with van der Waals surface area (Å²) < 4.78 is 2.08. The number of hydrogen-bond acceptors (Lipinski definition) is 6. The zero-order chi connectivity index (χ0) is 20.8. The lowest BCUT2D eigenvalue weighted by atomic mass is 9.96. The van der Waals surface area contributed by atoms with E-state index in [-0.39, 0.29) is 0 Å². The Morgan fingerprint density at radius 1 is 1.00 bits per heavy atom. The summed E-state index contributed by atoms with van der Waals surface area (Å²) in [6.45, 7) is 0. The van der Waals surface area contributed by atoms with Crippen molar-refractivity contribution in [2.24, 2.45) is 0 Å². The molecule has 4 heterocycles. The van der Waals surface area contributed by atoms with Crippen LogP contribution >= 0.6 is 11.3 Å². The average molecular weight is 427 g/mol. The lowest BCUT2D eigenvalue weighted by molar-refractivity contribution is 0.336. The molecule has 154 valence electrons. The van der Waals surface area contributed by atoms with Crippen molar-refractivity contribution in [1.82, 2.24) is 24.7 Å². The van der Waals surface area contributed by atoms with Crippen molar-refractivity contribution in [3.63, 3.8) is 0 Å². The van der Waals surface area contributed by atoms with Crippen LogP contribution in [0.15, 0.2) is 54.2 Å². The minimum absolute atomic E-state index is 0.364. The van der Waals surface area contributed by atoms with E-state index in [0.29, 0.717) is 11.9 Å². The van der Waals surface area contributed by atoms with E-state index in [9.17, 15) is 0 Å². The zero-order valence-corrected chi connectivity index (χ0v) is 17.8. The number of nitrogens with zero attached hydrogens (tertiary/aromatic N) is 5. The van der Waals surface area contributed by atoms with Gasteiger partial charge in [0.2, 0.25) is 0 Å². The molecule has 0 atom stereocenters. The van der Waals surface area contributed by atoms with Crippen LogP contribution in [0.1, 0.15) is 38.1 Å². The fourth-order valence-corrected chi connectivity index (χ4v) is 5.30. The molecule has 0 amide bonds. The predicted octanol–water partition coefficient (Wildman–Crippen LogP) is 5.86. The summed E-state index contributed by atoms with van der Waals surface area (Å²) in [5.41, 5.74) is 10.9. The first-order valence-corrected chi connectivity index (χ1v) is 11.6. The average Bonchev–Trinajstić information content (AvgIpc) is 3.48. The van der Waals surface area contributed by atoms with E-state index in [1.54, 1.807) is 11.3 Å². The first kappa shape index (κ1) is 18.4. The van der Waals surface area contributed by atoms with Gasteiger partial charge in [0, 0.05) is 10.9 Å². The quantitative estimate of drug-likeness (QED) is 0.391. The molecule has 2 N–H and O–H groups in total. The maximum absolute atomic E-state index is 6.32. The predicted molar refractivity (Wildman–Crippen MR) is 126 cm³/mol. The van der Waals surface area contributed by atoms with Gasteiger partial charge in [-0.15, -0.1) is 11.3 Å². The van der Waals surface area contributed by atoms with Gasteiger partial charge in [-0.25, -0.2) is 19.6 Å². The topological polar surface area (TPSA) is 82.5 Å². The summed E-state index contributed by atoms with van der Waals surface area (Å²) in [7, 11) is 0. The van der Waals surface area contributed by atoms with E-state index in [1.165, 1.54) is 25.6 Å². The summed E-state index contributed by atoms with van der Waals surface area (Å²) in [4.78, 5) is 14.9. The van der Waals surface area contributed by atoms with Gasteiger partial charge in [-0.1, -0.05) is 43.5 Å². The van der Waals surface area contributed by atoms with Crippen molar-refractivity contribution in [2.45, 2.75) is 38.1 Å². The molecule has 1 fully saturated rings. The molecule has 5 aromatic rings. The molecule has 1 aliphatic rings. The third-order valence-electron chi connectivity index (χ3n) is 6.18. The Bertz CT molecular complexity index is 1380. The Balaban J connectivity index is 1.52. The highest BCUT2D eigenvalue weighted by atomic mass is 32.1. The summed E-state index contributed by atoms with van der Waals surface area (Å²) in [5, 5.41) is 9.04. The third kappa shape index (κ3) is 3.16. The van der Waals surface area contributed by atoms with Crippen LogP contribution in [0.3, 0.4) is 0 Å². The Morgan fingerprint density at radius 2 is 1.87 bits per heavy atom. The van der Waals surface area contributed by atoms with Crippen molar-refractivity contribution in [2.75, 3.05) is 5.73 Å². The molecule has 0 aliphatic heterocycles. The monoisotopic (exact) mass is 426 g/mol. The van der Waals surface area contributed by atoms with Gasteiger partial charge in [0.1, 0.15) is 17.8 Å². The van der Waals surface area contributed by atoms with Crippen LogP contribution in [0.25, 0.3) is 43.8 Å². The van der Waals surface area contributed by atoms with Gasteiger partial charge < -0.3 is 5.73 Å². The molecule has 6 rings (SSSR count). The molecule has 0 spiro atoms. The van der Waals surface area contributed by atoms with Crippen LogP contribution < -0.4 is 5.73 Å². The van der Waals surface area contributed by atoms with Gasteiger partial charge in [0.05, 0.1) is 27.5 Å². The second-order valence-corrected chi connectivity index (χ2v) is 9.07. The lowest BCUT2D eigenvalue weighted by Crippen LogP contribution is -2.14. The SMILES string of the molecule is Nc1ncnc2c1c(-c1ccc3ccc(-c4cccs4)nc3c1)nn2C1CCCCC1. The van der Waals surface area contributed by atoms with Gasteiger partial charge in [0.15, 0.2) is 5.65 Å². The Morgan fingerprint density at radius 3 is 2.71 bits per heavy atom. The van der Waals surface area contributed by atoms with Crippen molar-refractivity contribution < 1.29 is 0 Å². The first-order chi connectivity index (χ1) is 15.3. The second kappa shape index (κ2) is 7.42. The highest BCUT2D eigenvalue weighted by Crippen LogP contribution is 2.36. The summed E-state index contributed by atoms with van der Waals surface area (Å²) in [6, 6.07) is 15.0. The molecular weight excluding hydrogens is 404 g/mol. The smallest absolute Gasteiger partial charge is 0.164 e. The standard InChI is InChI=1S/C24H22N6S/c25-23-21-22(29-30(24(21)27-14-26-23)17-5-2-1-3-6-17)16-9-8-15-10-11-18(28-19(15)13-16)20-7-4-12-31-20/h4,7-14,17H,1-3,5-6H2,(H2,25,26,27). The van der Waals surface area contributed by atoms with Crippen LogP contribution in [0.5, 0.6) is 0 Å². The second-order valence-electron chi connectivity index (χ2n) is 8.12. The maximum Gasteiger partial charge on any atom is 0.164 e. The maximum atomic E-state index is 6.32. The highest BCUT2D eigenvalue weighted by molar-refractivity contribution is 7.13. The van der Waals surface area contributed by atoms with Gasteiger partial charge in [-0.05, 0) is 36.4 Å². The fraction of sp³-hybridized carbons (Fsp3) is 0.250. The van der Waals surface area contributed by atoms with Crippen molar-refractivity contribution in [3.05, 3.63) is 54.2 Å². The largest absolute Gasteiger partial charge is 0.383 e. The van der Waals surface area contributed by atoms with Gasteiger partial charge in [-0.3, -0.25) is 0 Å². The number of hydrogen-bond donors (Lipinski definition) is 1. The molecule has 0 bridgehead atoms. The van der Waals surface area contributed by atoms with Crippen LogP contribution in [-0.4, -0.2) is 24.7 Å². The first-order valence-electron chi connectivity index (χ1n) is 10.7. The normalized spacial score (nSPS) is 15.1. The molecule has 1 aliphatic carbocycles. The number of thiophene rings is 1. The van der Waals surface area contributed by atoms with Crippen molar-refractivity contribution in [1.29, 1.82) is 0 Å². The molecule has 0 radical (unpaired) electrons. The van der Waals surface area contributed by atoms with Crippen LogP contribution in [0.4, 0.5) is 5.82 Å². The number of pyridine rings is 1. The molecule has 7 heteroatoms. The molecular formula is C24H22N6S. The number of anilines is 1.